The van der Waals surface area contributed by atoms with E-state index in [4.69, 9.17) is 17.2 Å². The van der Waals surface area contributed by atoms with Gasteiger partial charge in [0, 0.05) is 22.3 Å². The maximum absolute atomic E-state index is 5.81. The van der Waals surface area contributed by atoms with Crippen LogP contribution >= 0.6 is 28.1 Å². The predicted molar refractivity (Wildman–Crippen MR) is 139 cm³/mol. The molecule has 1 aliphatic rings. The second-order valence-electron chi connectivity index (χ2n) is 8.34. The molecule has 0 radical (unpaired) electrons. The van der Waals surface area contributed by atoms with E-state index in [-0.39, 0.29) is 0 Å². The number of nitrogens with one attached hydrogen (secondary N) is 1. The van der Waals surface area contributed by atoms with Crippen molar-refractivity contribution in [3.63, 3.8) is 0 Å². The highest BCUT2D eigenvalue weighted by atomic mass is 79.9. The van der Waals surface area contributed by atoms with Crippen molar-refractivity contribution in [3.05, 3.63) is 93.5 Å². The second kappa shape index (κ2) is 8.56. The molecule has 0 aliphatic carbocycles. The van der Waals surface area contributed by atoms with Crippen LogP contribution in [0.2, 0.25) is 0 Å². The van der Waals surface area contributed by atoms with Gasteiger partial charge in [0.25, 0.3) is 0 Å². The quantitative estimate of drug-likeness (QED) is 0.398. The molecule has 3 aromatic carbocycles. The molecule has 0 saturated heterocycles. The summed E-state index contributed by atoms with van der Waals surface area (Å²) in [6.07, 6.45) is 0.774. The third kappa shape index (κ3) is 4.17. The van der Waals surface area contributed by atoms with E-state index >= 15 is 0 Å². The fraction of sp³-hybridized carbons (Fsp3) is 0.231. The van der Waals surface area contributed by atoms with Crippen molar-refractivity contribution in [2.24, 2.45) is 4.99 Å². The first-order valence-corrected chi connectivity index (χ1v) is 11.6. The molecule has 0 spiro atoms. The van der Waals surface area contributed by atoms with Crippen molar-refractivity contribution in [3.8, 4) is 0 Å². The Morgan fingerprint density at radius 2 is 1.61 bits per heavy atom. The summed E-state index contributed by atoms with van der Waals surface area (Å²) in [6, 6.07) is 23.2. The first-order valence-electron chi connectivity index (χ1n) is 10.4. The van der Waals surface area contributed by atoms with E-state index in [9.17, 15) is 0 Å². The molecule has 5 heteroatoms. The Kier molecular flexibility index (Phi) is 6.00. The minimum absolute atomic E-state index is 0.456. The van der Waals surface area contributed by atoms with Crippen LogP contribution in [0.25, 0.3) is 0 Å². The van der Waals surface area contributed by atoms with Crippen LogP contribution in [0.4, 0.5) is 11.4 Å². The van der Waals surface area contributed by atoms with Gasteiger partial charge in [-0.1, -0.05) is 70.5 Å². The van der Waals surface area contributed by atoms with Crippen molar-refractivity contribution in [2.45, 2.75) is 39.7 Å². The number of halogens is 1. The van der Waals surface area contributed by atoms with Crippen molar-refractivity contribution in [1.29, 1.82) is 0 Å². The summed E-state index contributed by atoms with van der Waals surface area (Å²) < 4.78 is 1.06. The molecule has 31 heavy (non-hydrogen) atoms. The molecule has 3 aromatic rings. The lowest BCUT2D eigenvalue weighted by Gasteiger charge is -2.38. The monoisotopic (exact) mass is 491 g/mol. The molecule has 158 valence electrons. The number of rotatable bonds is 4. The van der Waals surface area contributed by atoms with Gasteiger partial charge in [-0.2, -0.15) is 0 Å². The number of anilines is 2. The van der Waals surface area contributed by atoms with Gasteiger partial charge >= 0.3 is 0 Å². The third-order valence-electron chi connectivity index (χ3n) is 5.93. The summed E-state index contributed by atoms with van der Waals surface area (Å²) >= 11 is 9.49. The van der Waals surface area contributed by atoms with Gasteiger partial charge in [0.2, 0.25) is 5.11 Å². The SMILES string of the molecule is Cc1ccc(N2C(=S)N=C(Nc3c(C)cccc3C)C2(C)Cc2ccccc2)cc1Br. The number of nitrogens with zero attached hydrogens (tertiary/aromatic N) is 2. The van der Waals surface area contributed by atoms with Crippen LogP contribution in [-0.4, -0.2) is 16.5 Å². The number of amidine groups is 1. The molecule has 1 atom stereocenters. The van der Waals surface area contributed by atoms with Gasteiger partial charge in [0.15, 0.2) is 0 Å². The van der Waals surface area contributed by atoms with Crippen molar-refractivity contribution in [1.82, 2.24) is 0 Å². The Hall–Kier alpha value is -2.50. The maximum atomic E-state index is 5.81. The smallest absolute Gasteiger partial charge is 0.202 e. The minimum atomic E-state index is -0.456. The number of hydrogen-bond donors (Lipinski definition) is 1. The average molecular weight is 492 g/mol. The van der Waals surface area contributed by atoms with E-state index in [0.29, 0.717) is 5.11 Å². The van der Waals surface area contributed by atoms with Crippen molar-refractivity contribution in [2.75, 3.05) is 10.2 Å². The van der Waals surface area contributed by atoms with Gasteiger partial charge in [-0.15, -0.1) is 0 Å². The minimum Gasteiger partial charge on any atom is -0.341 e. The Balaban J connectivity index is 1.80. The molecule has 0 fully saturated rings. The second-order valence-corrected chi connectivity index (χ2v) is 9.56. The van der Waals surface area contributed by atoms with Crippen LogP contribution < -0.4 is 10.2 Å². The summed E-state index contributed by atoms with van der Waals surface area (Å²) in [5.41, 5.74) is 6.47. The first kappa shape index (κ1) is 21.7. The molecule has 1 aliphatic heterocycles. The summed E-state index contributed by atoms with van der Waals surface area (Å²) in [7, 11) is 0. The summed E-state index contributed by atoms with van der Waals surface area (Å²) in [6.45, 7) is 8.54. The molecule has 0 aromatic heterocycles. The average Bonchev–Trinajstić information content (AvgIpc) is 2.97. The van der Waals surface area contributed by atoms with Crippen molar-refractivity contribution >= 4 is 50.5 Å². The molecule has 1 heterocycles. The standard InChI is InChI=1S/C26H26BrN3S/c1-17-13-14-21(15-22(17)27)30-25(31)29-24(28-23-18(2)9-8-10-19(23)3)26(30,4)16-20-11-6-5-7-12-20/h5-15H,16H2,1-4H3,(H,28,29,31). The number of thiocarbonyl (C=S) groups is 1. The van der Waals surface area contributed by atoms with E-state index in [1.54, 1.807) is 0 Å². The number of aryl methyl sites for hydroxylation is 3. The number of para-hydroxylation sites is 1. The zero-order valence-electron chi connectivity index (χ0n) is 18.2. The normalized spacial score (nSPS) is 18.3. The Morgan fingerprint density at radius 1 is 0.935 bits per heavy atom. The molecule has 0 saturated carbocycles. The van der Waals surface area contributed by atoms with E-state index < -0.39 is 5.54 Å². The van der Waals surface area contributed by atoms with E-state index in [0.717, 1.165) is 28.1 Å². The van der Waals surface area contributed by atoms with Crippen LogP contribution in [0.15, 0.2) is 76.2 Å². The van der Waals surface area contributed by atoms with Gasteiger partial charge in [-0.3, -0.25) is 0 Å². The van der Waals surface area contributed by atoms with E-state index in [2.05, 4.69) is 115 Å². The zero-order chi connectivity index (χ0) is 22.2. The van der Waals surface area contributed by atoms with Crippen LogP contribution in [0.1, 0.15) is 29.2 Å². The molecular weight excluding hydrogens is 466 g/mol. The number of benzene rings is 3. The lowest BCUT2D eigenvalue weighted by molar-refractivity contribution is 0.626. The van der Waals surface area contributed by atoms with E-state index in [1.165, 1.54) is 22.3 Å². The highest BCUT2D eigenvalue weighted by Crippen LogP contribution is 2.37. The molecule has 3 nitrogen and oxygen atoms in total. The third-order valence-corrected chi connectivity index (χ3v) is 7.06. The number of hydrogen-bond acceptors (Lipinski definition) is 2. The molecule has 4 rings (SSSR count). The van der Waals surface area contributed by atoms with Gasteiger partial charge in [0.05, 0.1) is 0 Å². The molecule has 1 unspecified atom stereocenters. The Labute approximate surface area is 198 Å². The maximum Gasteiger partial charge on any atom is 0.202 e. The van der Waals surface area contributed by atoms with Gasteiger partial charge in [-0.05, 0) is 74.3 Å². The van der Waals surface area contributed by atoms with Crippen LogP contribution in [0, 0.1) is 20.8 Å². The Morgan fingerprint density at radius 3 is 2.26 bits per heavy atom. The van der Waals surface area contributed by atoms with Gasteiger partial charge < -0.3 is 10.2 Å². The molecule has 0 bridgehead atoms. The lowest BCUT2D eigenvalue weighted by Crippen LogP contribution is -2.53. The van der Waals surface area contributed by atoms with Crippen molar-refractivity contribution < 1.29 is 0 Å². The molecular formula is C26H26BrN3S. The first-order chi connectivity index (χ1) is 14.8. The summed E-state index contributed by atoms with van der Waals surface area (Å²) in [4.78, 5) is 7.05. The highest BCUT2D eigenvalue weighted by molar-refractivity contribution is 9.10. The topological polar surface area (TPSA) is 27.6 Å². The Bertz CT molecular complexity index is 1150. The molecule has 1 N–H and O–H groups in total. The summed E-state index contributed by atoms with van der Waals surface area (Å²) in [5.74, 6) is 0.871. The molecule has 0 amide bonds. The number of aliphatic imine (C=N–C) groups is 1. The van der Waals surface area contributed by atoms with Gasteiger partial charge in [0.1, 0.15) is 11.4 Å². The lowest BCUT2D eigenvalue weighted by atomic mass is 9.89. The highest BCUT2D eigenvalue weighted by Gasteiger charge is 2.45. The summed E-state index contributed by atoms with van der Waals surface area (Å²) in [5, 5.41) is 4.23. The predicted octanol–water partition coefficient (Wildman–Crippen LogP) is 6.99. The van der Waals surface area contributed by atoms with Gasteiger partial charge in [-0.25, -0.2) is 4.99 Å². The van der Waals surface area contributed by atoms with Crippen LogP contribution in [0.3, 0.4) is 0 Å². The fourth-order valence-electron chi connectivity index (χ4n) is 4.15. The van der Waals surface area contributed by atoms with E-state index in [1.807, 2.05) is 6.07 Å². The fourth-order valence-corrected chi connectivity index (χ4v) is 4.91. The van der Waals surface area contributed by atoms with Crippen LogP contribution in [-0.2, 0) is 6.42 Å². The van der Waals surface area contributed by atoms with Crippen LogP contribution in [0.5, 0.6) is 0 Å². The zero-order valence-corrected chi connectivity index (χ0v) is 20.6. The largest absolute Gasteiger partial charge is 0.341 e.